The Labute approximate surface area is 185 Å². The summed E-state index contributed by atoms with van der Waals surface area (Å²) >= 11 is 0. The maximum Gasteiger partial charge on any atom is 0.307 e. The SMILES string of the molecule is O=C(O)C1CCCC1C(=O)C1(Nc2nc3ccccc3o2)C=CC(c2ccccc2)=CC1. The molecule has 1 fully saturated rings. The average molecular weight is 428 g/mol. The van der Waals surface area contributed by atoms with E-state index in [2.05, 4.69) is 10.3 Å². The fourth-order valence-corrected chi connectivity index (χ4v) is 4.84. The monoisotopic (exact) mass is 428 g/mol. The number of carbonyl (C=O) groups is 2. The van der Waals surface area contributed by atoms with Crippen molar-refractivity contribution in [3.8, 4) is 0 Å². The van der Waals surface area contributed by atoms with Crippen LogP contribution in [0.2, 0.25) is 0 Å². The van der Waals surface area contributed by atoms with Crippen molar-refractivity contribution in [3.63, 3.8) is 0 Å². The van der Waals surface area contributed by atoms with Crippen molar-refractivity contribution in [2.45, 2.75) is 31.2 Å². The van der Waals surface area contributed by atoms with E-state index in [1.54, 1.807) is 0 Å². The molecule has 0 spiro atoms. The van der Waals surface area contributed by atoms with Crippen molar-refractivity contribution in [2.75, 3.05) is 5.32 Å². The Balaban J connectivity index is 1.50. The van der Waals surface area contributed by atoms with Gasteiger partial charge >= 0.3 is 5.97 Å². The minimum atomic E-state index is -1.11. The van der Waals surface area contributed by atoms with Gasteiger partial charge in [-0.1, -0.05) is 67.1 Å². The highest BCUT2D eigenvalue weighted by atomic mass is 16.4. The molecule has 5 rings (SSSR count). The van der Waals surface area contributed by atoms with E-state index in [1.807, 2.05) is 72.8 Å². The normalized spacial score (nSPS) is 24.9. The number of oxazole rings is 1. The number of para-hydroxylation sites is 2. The molecule has 1 aromatic heterocycles. The van der Waals surface area contributed by atoms with Crippen LogP contribution in [0.15, 0.2) is 77.2 Å². The minimum Gasteiger partial charge on any atom is -0.481 e. The fourth-order valence-electron chi connectivity index (χ4n) is 4.84. The summed E-state index contributed by atoms with van der Waals surface area (Å²) in [5, 5.41) is 12.9. The third kappa shape index (κ3) is 3.62. The number of ketones is 1. The van der Waals surface area contributed by atoms with Crippen molar-refractivity contribution >= 4 is 34.4 Å². The Morgan fingerprint density at radius 2 is 1.78 bits per heavy atom. The van der Waals surface area contributed by atoms with Gasteiger partial charge < -0.3 is 14.8 Å². The number of Topliss-reactive ketones (excluding diaryl/α,β-unsaturated/α-hetero) is 1. The molecule has 2 aliphatic carbocycles. The highest BCUT2D eigenvalue weighted by Crippen LogP contribution is 2.40. The maximum atomic E-state index is 13.8. The Morgan fingerprint density at radius 1 is 1.03 bits per heavy atom. The molecule has 0 aliphatic heterocycles. The van der Waals surface area contributed by atoms with Crippen molar-refractivity contribution in [2.24, 2.45) is 11.8 Å². The van der Waals surface area contributed by atoms with E-state index in [0.717, 1.165) is 17.6 Å². The number of fused-ring (bicyclic) bond motifs is 1. The molecule has 6 heteroatoms. The van der Waals surface area contributed by atoms with Crippen LogP contribution in [0.3, 0.4) is 0 Å². The van der Waals surface area contributed by atoms with Crippen LogP contribution in [-0.4, -0.2) is 27.4 Å². The van der Waals surface area contributed by atoms with Gasteiger partial charge in [-0.05, 0) is 36.1 Å². The molecule has 1 heterocycles. The zero-order valence-electron chi connectivity index (χ0n) is 17.5. The van der Waals surface area contributed by atoms with Crippen molar-refractivity contribution in [1.82, 2.24) is 4.98 Å². The van der Waals surface area contributed by atoms with Crippen LogP contribution < -0.4 is 5.32 Å². The Morgan fingerprint density at radius 3 is 2.50 bits per heavy atom. The lowest BCUT2D eigenvalue weighted by Gasteiger charge is -2.34. The van der Waals surface area contributed by atoms with E-state index >= 15 is 0 Å². The number of hydrogen-bond donors (Lipinski definition) is 2. The standard InChI is InChI=1S/C26H24N2O4/c29-23(19-9-6-10-20(19)24(30)31)26(28-25-27-21-11-4-5-12-22(21)32-25)15-13-18(14-16-26)17-7-2-1-3-8-17/h1-5,7-8,11-15,19-20H,6,9-10,16H2,(H,27,28)(H,30,31). The Hall–Kier alpha value is -3.67. The number of carboxylic acid groups (broad SMARTS) is 1. The summed E-state index contributed by atoms with van der Waals surface area (Å²) in [6.45, 7) is 0. The first kappa shape index (κ1) is 20.2. The molecule has 0 bridgehead atoms. The number of nitrogens with one attached hydrogen (secondary N) is 1. The van der Waals surface area contributed by atoms with Gasteiger partial charge in [-0.25, -0.2) is 0 Å². The Kier molecular flexibility index (Phi) is 5.13. The highest BCUT2D eigenvalue weighted by molar-refractivity contribution is 5.99. The molecule has 3 aromatic rings. The summed E-state index contributed by atoms with van der Waals surface area (Å²) in [5.74, 6) is -2.22. The van der Waals surface area contributed by atoms with Crippen LogP contribution in [0.4, 0.5) is 6.01 Å². The molecule has 2 N–H and O–H groups in total. The second-order valence-corrected chi connectivity index (χ2v) is 8.49. The molecule has 2 aliphatic rings. The third-order valence-electron chi connectivity index (χ3n) is 6.53. The maximum absolute atomic E-state index is 13.8. The molecule has 162 valence electrons. The lowest BCUT2D eigenvalue weighted by atomic mass is 9.76. The lowest BCUT2D eigenvalue weighted by Crippen LogP contribution is -2.49. The molecule has 0 radical (unpaired) electrons. The topological polar surface area (TPSA) is 92.4 Å². The number of carbonyl (C=O) groups excluding carboxylic acids is 1. The van der Waals surface area contributed by atoms with Gasteiger partial charge in [0.15, 0.2) is 11.4 Å². The number of rotatable bonds is 6. The van der Waals surface area contributed by atoms with Crippen LogP contribution in [0.25, 0.3) is 16.7 Å². The van der Waals surface area contributed by atoms with E-state index in [4.69, 9.17) is 4.42 Å². The van der Waals surface area contributed by atoms with E-state index in [0.29, 0.717) is 30.4 Å². The van der Waals surface area contributed by atoms with Crippen LogP contribution in [0, 0.1) is 11.8 Å². The molecule has 32 heavy (non-hydrogen) atoms. The largest absolute Gasteiger partial charge is 0.481 e. The summed E-state index contributed by atoms with van der Waals surface area (Å²) in [7, 11) is 0. The molecule has 3 unspecified atom stereocenters. The zero-order valence-corrected chi connectivity index (χ0v) is 17.5. The summed E-state index contributed by atoms with van der Waals surface area (Å²) in [4.78, 5) is 30.1. The number of benzene rings is 2. The first-order valence-corrected chi connectivity index (χ1v) is 10.9. The first-order chi connectivity index (χ1) is 15.6. The predicted octanol–water partition coefficient (Wildman–Crippen LogP) is 5.09. The lowest BCUT2D eigenvalue weighted by molar-refractivity contribution is -0.146. The number of aliphatic carboxylic acids is 1. The zero-order chi connectivity index (χ0) is 22.1. The van der Waals surface area contributed by atoms with Crippen LogP contribution in [0.1, 0.15) is 31.2 Å². The molecular formula is C26H24N2O4. The molecule has 0 saturated heterocycles. The first-order valence-electron chi connectivity index (χ1n) is 10.9. The van der Waals surface area contributed by atoms with E-state index < -0.39 is 23.3 Å². The van der Waals surface area contributed by atoms with Crippen LogP contribution in [-0.2, 0) is 9.59 Å². The molecule has 1 saturated carbocycles. The smallest absolute Gasteiger partial charge is 0.307 e. The average Bonchev–Trinajstić information content (AvgIpc) is 3.46. The number of nitrogens with zero attached hydrogens (tertiary/aromatic N) is 1. The fraction of sp³-hybridized carbons (Fsp3) is 0.269. The van der Waals surface area contributed by atoms with E-state index in [1.165, 1.54) is 0 Å². The minimum absolute atomic E-state index is 0.121. The van der Waals surface area contributed by atoms with Gasteiger partial charge in [0, 0.05) is 12.3 Å². The highest BCUT2D eigenvalue weighted by Gasteiger charge is 2.47. The van der Waals surface area contributed by atoms with Crippen molar-refractivity contribution < 1.29 is 19.1 Å². The Bertz CT molecular complexity index is 1190. The summed E-state index contributed by atoms with van der Waals surface area (Å²) in [5.41, 5.74) is 2.30. The summed E-state index contributed by atoms with van der Waals surface area (Å²) in [6, 6.07) is 17.6. The van der Waals surface area contributed by atoms with Gasteiger partial charge in [-0.3, -0.25) is 9.59 Å². The van der Waals surface area contributed by atoms with Gasteiger partial charge in [0.05, 0.1) is 5.92 Å². The van der Waals surface area contributed by atoms with Gasteiger partial charge in [0.25, 0.3) is 6.01 Å². The second-order valence-electron chi connectivity index (χ2n) is 8.49. The molecule has 0 amide bonds. The van der Waals surface area contributed by atoms with E-state index in [9.17, 15) is 14.7 Å². The van der Waals surface area contributed by atoms with Crippen LogP contribution in [0.5, 0.6) is 0 Å². The molecule has 2 aromatic carbocycles. The molecule has 6 nitrogen and oxygen atoms in total. The summed E-state index contributed by atoms with van der Waals surface area (Å²) < 4.78 is 5.85. The van der Waals surface area contributed by atoms with Gasteiger partial charge in [-0.15, -0.1) is 0 Å². The number of allylic oxidation sites excluding steroid dienone is 2. The van der Waals surface area contributed by atoms with Crippen molar-refractivity contribution in [3.05, 3.63) is 78.4 Å². The van der Waals surface area contributed by atoms with Gasteiger partial charge in [0.1, 0.15) is 11.1 Å². The number of hydrogen-bond acceptors (Lipinski definition) is 5. The van der Waals surface area contributed by atoms with Crippen LogP contribution >= 0.6 is 0 Å². The molecular weight excluding hydrogens is 404 g/mol. The van der Waals surface area contributed by atoms with E-state index in [-0.39, 0.29) is 11.8 Å². The predicted molar refractivity (Wildman–Crippen MR) is 122 cm³/mol. The quantitative estimate of drug-likeness (QED) is 0.568. The third-order valence-corrected chi connectivity index (χ3v) is 6.53. The number of anilines is 1. The second kappa shape index (κ2) is 8.11. The molecule has 3 atom stereocenters. The number of aromatic nitrogens is 1. The van der Waals surface area contributed by atoms with Crippen molar-refractivity contribution in [1.29, 1.82) is 0 Å². The van der Waals surface area contributed by atoms with Gasteiger partial charge in [-0.2, -0.15) is 4.98 Å². The van der Waals surface area contributed by atoms with Gasteiger partial charge in [0.2, 0.25) is 0 Å². The number of carboxylic acids is 1. The summed E-state index contributed by atoms with van der Waals surface area (Å²) in [6.07, 6.45) is 8.03.